The van der Waals surface area contributed by atoms with Gasteiger partial charge in [-0.3, -0.25) is 0 Å². The predicted molar refractivity (Wildman–Crippen MR) is 79.1 cm³/mol. The van der Waals surface area contributed by atoms with E-state index in [9.17, 15) is 0 Å². The van der Waals surface area contributed by atoms with Crippen molar-refractivity contribution in [3.8, 4) is 6.07 Å². The molecule has 0 amide bonds. The minimum atomic E-state index is 0.635. The van der Waals surface area contributed by atoms with Gasteiger partial charge in [0.05, 0.1) is 11.6 Å². The van der Waals surface area contributed by atoms with Crippen LogP contribution in [0.5, 0.6) is 0 Å². The minimum absolute atomic E-state index is 0.635. The standard InChI is InChI=1S/C15H14ClN3/c1-19(14-4-2-3-11(7-14)9-17)10-12-5-6-13(16)8-15(12)18/h2-8H,10,18H2,1H3. The Morgan fingerprint density at radius 3 is 2.74 bits per heavy atom. The van der Waals surface area contributed by atoms with Crippen molar-refractivity contribution in [2.45, 2.75) is 6.54 Å². The number of hydrogen-bond acceptors (Lipinski definition) is 3. The highest BCUT2D eigenvalue weighted by atomic mass is 35.5. The third kappa shape index (κ3) is 3.18. The molecule has 96 valence electrons. The molecular weight excluding hydrogens is 258 g/mol. The van der Waals surface area contributed by atoms with Gasteiger partial charge in [-0.15, -0.1) is 0 Å². The van der Waals surface area contributed by atoms with Crippen molar-refractivity contribution >= 4 is 23.0 Å². The van der Waals surface area contributed by atoms with E-state index in [0.29, 0.717) is 22.8 Å². The summed E-state index contributed by atoms with van der Waals surface area (Å²) in [7, 11) is 1.96. The summed E-state index contributed by atoms with van der Waals surface area (Å²) in [6.45, 7) is 0.665. The maximum absolute atomic E-state index is 8.91. The van der Waals surface area contributed by atoms with Gasteiger partial charge in [-0.05, 0) is 35.9 Å². The predicted octanol–water partition coefficient (Wildman–Crippen LogP) is 3.43. The van der Waals surface area contributed by atoms with Crippen molar-refractivity contribution < 1.29 is 0 Å². The lowest BCUT2D eigenvalue weighted by Gasteiger charge is -2.20. The summed E-state index contributed by atoms with van der Waals surface area (Å²) >= 11 is 5.88. The molecule has 0 saturated heterocycles. The number of nitrogen functional groups attached to an aromatic ring is 1. The molecule has 2 aromatic rings. The lowest BCUT2D eigenvalue weighted by molar-refractivity contribution is 0.925. The smallest absolute Gasteiger partial charge is 0.0992 e. The van der Waals surface area contributed by atoms with Crippen molar-refractivity contribution in [3.05, 3.63) is 58.6 Å². The SMILES string of the molecule is CN(Cc1ccc(Cl)cc1N)c1cccc(C#N)c1. The van der Waals surface area contributed by atoms with E-state index in [1.807, 2.05) is 42.3 Å². The van der Waals surface area contributed by atoms with E-state index >= 15 is 0 Å². The molecule has 2 N–H and O–H groups in total. The lowest BCUT2D eigenvalue weighted by atomic mass is 10.1. The molecule has 2 rings (SSSR count). The molecule has 2 aromatic carbocycles. The summed E-state index contributed by atoms with van der Waals surface area (Å²) in [6, 6.07) is 15.1. The van der Waals surface area contributed by atoms with Gasteiger partial charge in [-0.25, -0.2) is 0 Å². The largest absolute Gasteiger partial charge is 0.398 e. The van der Waals surface area contributed by atoms with Crippen molar-refractivity contribution in [2.24, 2.45) is 0 Å². The number of rotatable bonds is 3. The Kier molecular flexibility index (Phi) is 3.94. The highest BCUT2D eigenvalue weighted by Crippen LogP contribution is 2.22. The van der Waals surface area contributed by atoms with E-state index in [1.54, 1.807) is 12.1 Å². The Morgan fingerprint density at radius 2 is 2.05 bits per heavy atom. The molecule has 19 heavy (non-hydrogen) atoms. The summed E-state index contributed by atoms with van der Waals surface area (Å²) in [5, 5.41) is 9.54. The average Bonchev–Trinajstić information content (AvgIpc) is 2.42. The first-order chi connectivity index (χ1) is 9.10. The second-order valence-electron chi connectivity index (χ2n) is 4.36. The summed E-state index contributed by atoms with van der Waals surface area (Å²) in [4.78, 5) is 2.04. The van der Waals surface area contributed by atoms with E-state index < -0.39 is 0 Å². The van der Waals surface area contributed by atoms with Gasteiger partial charge in [0, 0.05) is 30.0 Å². The molecular formula is C15H14ClN3. The summed E-state index contributed by atoms with van der Waals surface area (Å²) in [6.07, 6.45) is 0. The van der Waals surface area contributed by atoms with Gasteiger partial charge >= 0.3 is 0 Å². The average molecular weight is 272 g/mol. The van der Waals surface area contributed by atoms with Crippen molar-refractivity contribution in [1.29, 1.82) is 5.26 Å². The van der Waals surface area contributed by atoms with Crippen LogP contribution < -0.4 is 10.6 Å². The highest BCUT2D eigenvalue weighted by molar-refractivity contribution is 6.30. The normalized spacial score (nSPS) is 9.95. The zero-order valence-corrected chi connectivity index (χ0v) is 11.4. The molecule has 4 heteroatoms. The number of nitrogens with two attached hydrogens (primary N) is 1. The summed E-state index contributed by atoms with van der Waals surface area (Å²) in [5.74, 6) is 0. The first kappa shape index (κ1) is 13.3. The molecule has 0 fully saturated rings. The Hall–Kier alpha value is -2.18. The van der Waals surface area contributed by atoms with Crippen molar-refractivity contribution in [3.63, 3.8) is 0 Å². The fourth-order valence-electron chi connectivity index (χ4n) is 1.87. The second-order valence-corrected chi connectivity index (χ2v) is 4.80. The van der Waals surface area contributed by atoms with Crippen LogP contribution in [0, 0.1) is 11.3 Å². The van der Waals surface area contributed by atoms with Crippen LogP contribution in [0.4, 0.5) is 11.4 Å². The molecule has 0 aliphatic rings. The molecule has 0 aliphatic carbocycles. The zero-order valence-electron chi connectivity index (χ0n) is 10.6. The van der Waals surface area contributed by atoms with E-state index in [2.05, 4.69) is 6.07 Å². The van der Waals surface area contributed by atoms with E-state index in [1.165, 1.54) is 0 Å². The molecule has 0 bridgehead atoms. The number of benzene rings is 2. The summed E-state index contributed by atoms with van der Waals surface area (Å²) < 4.78 is 0. The molecule has 0 heterocycles. The first-order valence-electron chi connectivity index (χ1n) is 5.85. The molecule has 0 radical (unpaired) electrons. The van der Waals surface area contributed by atoms with Crippen LogP contribution in [-0.4, -0.2) is 7.05 Å². The van der Waals surface area contributed by atoms with Crippen molar-refractivity contribution in [2.75, 3.05) is 17.7 Å². The van der Waals surface area contributed by atoms with Crippen LogP contribution >= 0.6 is 11.6 Å². The Morgan fingerprint density at radius 1 is 1.26 bits per heavy atom. The van der Waals surface area contributed by atoms with Gasteiger partial charge < -0.3 is 10.6 Å². The third-order valence-corrected chi connectivity index (χ3v) is 3.17. The number of hydrogen-bond donors (Lipinski definition) is 1. The number of nitrogens with zero attached hydrogens (tertiary/aromatic N) is 2. The highest BCUT2D eigenvalue weighted by Gasteiger charge is 2.06. The Bertz CT molecular complexity index is 632. The maximum Gasteiger partial charge on any atom is 0.0992 e. The maximum atomic E-state index is 8.91. The lowest BCUT2D eigenvalue weighted by Crippen LogP contribution is -2.17. The fraction of sp³-hybridized carbons (Fsp3) is 0.133. The van der Waals surface area contributed by atoms with E-state index in [4.69, 9.17) is 22.6 Å². The number of halogens is 1. The van der Waals surface area contributed by atoms with Crippen LogP contribution in [-0.2, 0) is 6.54 Å². The molecule has 0 atom stereocenters. The molecule has 0 aliphatic heterocycles. The van der Waals surface area contributed by atoms with Gasteiger partial charge in [0.25, 0.3) is 0 Å². The van der Waals surface area contributed by atoms with Crippen molar-refractivity contribution in [1.82, 2.24) is 0 Å². The van der Waals surface area contributed by atoms with Crippen LogP contribution in [0.25, 0.3) is 0 Å². The molecule has 0 aromatic heterocycles. The Balaban J connectivity index is 2.20. The van der Waals surface area contributed by atoms with Crippen LogP contribution in [0.15, 0.2) is 42.5 Å². The van der Waals surface area contributed by atoms with Gasteiger partial charge in [0.2, 0.25) is 0 Å². The fourth-order valence-corrected chi connectivity index (χ4v) is 2.05. The van der Waals surface area contributed by atoms with Gasteiger partial charge in [0.1, 0.15) is 0 Å². The molecule has 0 spiro atoms. The second kappa shape index (κ2) is 5.64. The topological polar surface area (TPSA) is 53.0 Å². The van der Waals surface area contributed by atoms with Gasteiger partial charge in [0.15, 0.2) is 0 Å². The monoisotopic (exact) mass is 271 g/mol. The third-order valence-electron chi connectivity index (χ3n) is 2.93. The molecule has 0 saturated carbocycles. The van der Waals surface area contributed by atoms with Crippen LogP contribution in [0.2, 0.25) is 5.02 Å². The van der Waals surface area contributed by atoms with E-state index in [0.717, 1.165) is 11.3 Å². The Labute approximate surface area is 117 Å². The van der Waals surface area contributed by atoms with Gasteiger partial charge in [-0.1, -0.05) is 23.7 Å². The van der Waals surface area contributed by atoms with Crippen LogP contribution in [0.3, 0.4) is 0 Å². The molecule has 0 unspecified atom stereocenters. The van der Waals surface area contributed by atoms with Gasteiger partial charge in [-0.2, -0.15) is 5.26 Å². The molecule has 3 nitrogen and oxygen atoms in total. The van der Waals surface area contributed by atoms with E-state index in [-0.39, 0.29) is 0 Å². The first-order valence-corrected chi connectivity index (χ1v) is 6.23. The number of anilines is 2. The quantitative estimate of drug-likeness (QED) is 0.870. The minimum Gasteiger partial charge on any atom is -0.398 e. The zero-order chi connectivity index (χ0) is 13.8. The summed E-state index contributed by atoms with van der Waals surface area (Å²) in [5.41, 5.74) is 9.25. The van der Waals surface area contributed by atoms with Crippen LogP contribution in [0.1, 0.15) is 11.1 Å². The number of nitriles is 1.